The number of aromatic nitrogens is 4. The van der Waals surface area contributed by atoms with Crippen LogP contribution in [0.2, 0.25) is 15.1 Å². The summed E-state index contributed by atoms with van der Waals surface area (Å²) in [6, 6.07) is 38.9. The molecule has 2 aliphatic heterocycles. The average Bonchev–Trinajstić information content (AvgIpc) is 3.99. The number of hydrogen-bond donors (Lipinski definition) is 3. The smallest absolute Gasteiger partial charge is 0.115 e. The number of nitrogens with one attached hydrogen (secondary N) is 2. The Morgan fingerprint density at radius 1 is 0.358 bits per heavy atom. The Labute approximate surface area is 330 Å². The first-order chi connectivity index (χ1) is 25.4. The van der Waals surface area contributed by atoms with Crippen molar-refractivity contribution in [2.24, 2.45) is 0 Å². The number of H-pyrrole nitrogens is 2. The first-order valence-electron chi connectivity index (χ1n) is 16.6. The van der Waals surface area contributed by atoms with Gasteiger partial charge in [0.2, 0.25) is 0 Å². The number of hydrogen-bond acceptors (Lipinski definition) is 3. The summed E-state index contributed by atoms with van der Waals surface area (Å²) in [5, 5.41) is 12.1. The number of nitrogens with zero attached hydrogens (tertiary/aromatic N) is 2. The summed E-state index contributed by atoms with van der Waals surface area (Å²) >= 11 is 19.1. The predicted molar refractivity (Wildman–Crippen MR) is 217 cm³/mol. The van der Waals surface area contributed by atoms with Crippen molar-refractivity contribution in [3.8, 4) is 50.3 Å². The molecule has 0 fully saturated rings. The van der Waals surface area contributed by atoms with Crippen LogP contribution >= 0.6 is 34.8 Å². The van der Waals surface area contributed by atoms with Crippen molar-refractivity contribution in [3.63, 3.8) is 0 Å². The van der Waals surface area contributed by atoms with Crippen LogP contribution in [0.4, 0.5) is 0 Å². The molecule has 5 nitrogen and oxygen atoms in total. The van der Waals surface area contributed by atoms with Crippen molar-refractivity contribution in [3.05, 3.63) is 159 Å². The largest absolute Gasteiger partial charge is 0.508 e. The molecule has 0 atom stereocenters. The zero-order valence-corrected chi connectivity index (χ0v) is 31.2. The Hall–Kier alpha value is -5.33. The van der Waals surface area contributed by atoms with Gasteiger partial charge in [0.15, 0.2) is 0 Å². The van der Waals surface area contributed by atoms with Crippen LogP contribution in [0.3, 0.4) is 0 Å². The molecule has 3 aromatic heterocycles. The zero-order valence-electron chi connectivity index (χ0n) is 27.7. The summed E-state index contributed by atoms with van der Waals surface area (Å²) in [6.45, 7) is 0. The van der Waals surface area contributed by atoms with E-state index in [1.54, 1.807) is 12.1 Å². The molecule has 53 heavy (non-hydrogen) atoms. The zero-order chi connectivity index (χ0) is 35.3. The van der Waals surface area contributed by atoms with Crippen LogP contribution in [0, 0.1) is 0 Å². The maximum atomic E-state index is 10.2. The number of benzene rings is 4. The fourth-order valence-electron chi connectivity index (χ4n) is 6.90. The Bertz CT molecular complexity index is 2380. The number of halogens is 3. The molecule has 5 heterocycles. The van der Waals surface area contributed by atoms with Crippen LogP contribution < -0.4 is 0 Å². The number of rotatable bonds is 4. The number of aromatic hydroxyl groups is 1. The van der Waals surface area contributed by atoms with Gasteiger partial charge in [0.05, 0.1) is 22.8 Å². The molecule has 8 bridgehead atoms. The van der Waals surface area contributed by atoms with Gasteiger partial charge in [0, 0.05) is 76.5 Å². The standard InChI is InChI=1S/C44H27Cl3N4O.Mn/c45-29-9-1-25(2-10-29)41-33-17-19-35(48-33)42(26-3-11-30(46)12-4-26)37-21-23-39(50-37)44(28-7-15-32(52)16-8-28)40-24-22-38(51-40)43(36-20-18-34(41)49-36)27-5-13-31(47)14-6-27;/h1-24,48,51-52H;. The van der Waals surface area contributed by atoms with E-state index in [-0.39, 0.29) is 22.8 Å². The van der Waals surface area contributed by atoms with Crippen molar-refractivity contribution in [1.29, 1.82) is 0 Å². The first-order valence-corrected chi connectivity index (χ1v) is 17.7. The van der Waals surface area contributed by atoms with Crippen molar-refractivity contribution in [2.45, 2.75) is 0 Å². The molecule has 2 aliphatic rings. The van der Waals surface area contributed by atoms with Gasteiger partial charge in [-0.1, -0.05) is 83.3 Å². The maximum Gasteiger partial charge on any atom is 0.115 e. The van der Waals surface area contributed by atoms with E-state index in [1.165, 1.54) is 0 Å². The van der Waals surface area contributed by atoms with Gasteiger partial charge in [0.1, 0.15) is 5.75 Å². The fraction of sp³-hybridized carbons (Fsp3) is 0. The van der Waals surface area contributed by atoms with E-state index in [1.807, 2.05) is 97.1 Å². The Kier molecular flexibility index (Phi) is 9.34. The van der Waals surface area contributed by atoms with Crippen molar-refractivity contribution >= 4 is 81.2 Å². The molecule has 0 spiro atoms. The Morgan fingerprint density at radius 2 is 0.604 bits per heavy atom. The van der Waals surface area contributed by atoms with Crippen LogP contribution in [-0.2, 0) is 17.1 Å². The number of aromatic amines is 2. The molecule has 257 valence electrons. The molecule has 9 rings (SSSR count). The monoisotopic (exact) mass is 787 g/mol. The Morgan fingerprint density at radius 3 is 0.868 bits per heavy atom. The van der Waals surface area contributed by atoms with Gasteiger partial charge in [-0.3, -0.25) is 0 Å². The second-order valence-corrected chi connectivity index (χ2v) is 13.9. The summed E-state index contributed by atoms with van der Waals surface area (Å²) in [6.07, 6.45) is 8.19. The number of phenolic OH excluding ortho intramolecular Hbond substituents is 1. The Balaban J connectivity index is 0.00000400. The van der Waals surface area contributed by atoms with Crippen LogP contribution in [0.5, 0.6) is 5.75 Å². The topological polar surface area (TPSA) is 77.6 Å². The molecule has 0 amide bonds. The van der Waals surface area contributed by atoms with E-state index in [9.17, 15) is 5.11 Å². The summed E-state index contributed by atoms with van der Waals surface area (Å²) in [4.78, 5) is 18.0. The third-order valence-electron chi connectivity index (χ3n) is 9.31. The third kappa shape index (κ3) is 6.61. The van der Waals surface area contributed by atoms with Crippen molar-refractivity contribution in [1.82, 2.24) is 19.9 Å². The number of fused-ring (bicyclic) bond motifs is 8. The van der Waals surface area contributed by atoms with Crippen LogP contribution in [0.1, 0.15) is 22.8 Å². The molecular formula is C44H27Cl3MnN4O. The minimum absolute atomic E-state index is 0. The normalized spacial score (nSPS) is 11.8. The minimum atomic E-state index is 0. The third-order valence-corrected chi connectivity index (χ3v) is 10.1. The molecule has 4 aromatic carbocycles. The molecule has 1 radical (unpaired) electrons. The molecule has 3 N–H and O–H groups in total. The summed E-state index contributed by atoms with van der Waals surface area (Å²) in [5.41, 5.74) is 14.1. The van der Waals surface area contributed by atoms with Crippen molar-refractivity contribution in [2.75, 3.05) is 0 Å². The SMILES string of the molecule is Oc1ccc(-c2c3nc(c(-c4ccc(Cl)cc4)c4ccc([nH]4)c(-c4ccc(Cl)cc4)c4nc(c(-c5ccc(Cl)cc5)c5ccc2[nH]5)C=C4)C=C3)cc1.[Mn]. The molecular weight excluding hydrogens is 762 g/mol. The van der Waals surface area contributed by atoms with Crippen LogP contribution in [0.25, 0.3) is 90.9 Å². The molecule has 7 aromatic rings. The maximum absolute atomic E-state index is 10.2. The van der Waals surface area contributed by atoms with E-state index in [0.29, 0.717) is 15.1 Å². The van der Waals surface area contributed by atoms with E-state index in [2.05, 4.69) is 46.4 Å². The van der Waals surface area contributed by atoms with E-state index in [4.69, 9.17) is 44.8 Å². The predicted octanol–water partition coefficient (Wildman–Crippen LogP) is 13.0. The average molecular weight is 789 g/mol. The van der Waals surface area contributed by atoms with E-state index >= 15 is 0 Å². The molecule has 0 saturated heterocycles. The molecule has 0 saturated carbocycles. The van der Waals surface area contributed by atoms with Gasteiger partial charge in [-0.15, -0.1) is 0 Å². The van der Waals surface area contributed by atoms with Crippen LogP contribution in [-0.4, -0.2) is 25.0 Å². The summed E-state index contributed by atoms with van der Waals surface area (Å²) < 4.78 is 0. The summed E-state index contributed by atoms with van der Waals surface area (Å²) in [7, 11) is 0. The van der Waals surface area contributed by atoms with Crippen LogP contribution in [0.15, 0.2) is 121 Å². The van der Waals surface area contributed by atoms with Gasteiger partial charge >= 0.3 is 0 Å². The first kappa shape index (κ1) is 34.7. The van der Waals surface area contributed by atoms with Gasteiger partial charge in [0.25, 0.3) is 0 Å². The second kappa shape index (κ2) is 14.2. The molecule has 0 aliphatic carbocycles. The second-order valence-electron chi connectivity index (χ2n) is 12.6. The van der Waals surface area contributed by atoms with Crippen molar-refractivity contribution < 1.29 is 22.2 Å². The van der Waals surface area contributed by atoms with Gasteiger partial charge in [-0.05, 0) is 119 Å². The molecule has 9 heteroatoms. The van der Waals surface area contributed by atoms with E-state index < -0.39 is 0 Å². The van der Waals surface area contributed by atoms with Gasteiger partial charge in [-0.2, -0.15) is 0 Å². The molecule has 0 unspecified atom stereocenters. The van der Waals surface area contributed by atoms with Gasteiger partial charge in [-0.25, -0.2) is 9.97 Å². The minimum Gasteiger partial charge on any atom is -0.508 e. The summed E-state index contributed by atoms with van der Waals surface area (Å²) in [5.74, 6) is 0.188. The number of phenols is 1. The van der Waals surface area contributed by atoms with E-state index in [0.717, 1.165) is 89.4 Å². The fourth-order valence-corrected chi connectivity index (χ4v) is 7.28. The van der Waals surface area contributed by atoms with Gasteiger partial charge < -0.3 is 15.1 Å². The quantitative estimate of drug-likeness (QED) is 0.155.